The SMILES string of the molecule is O=[N+]([O-])c1c(Nc2ccccn2)cc(NC23CC4CC(CC(C4)C2)C3)c2nonc12. The molecule has 4 saturated carbocycles. The van der Waals surface area contributed by atoms with E-state index in [-0.39, 0.29) is 16.7 Å². The maximum atomic E-state index is 11.9. The lowest BCUT2D eigenvalue weighted by Gasteiger charge is -2.57. The lowest BCUT2D eigenvalue weighted by atomic mass is 9.53. The van der Waals surface area contributed by atoms with Gasteiger partial charge >= 0.3 is 5.69 Å². The van der Waals surface area contributed by atoms with E-state index >= 15 is 0 Å². The number of aromatic nitrogens is 3. The van der Waals surface area contributed by atoms with Crippen molar-refractivity contribution in [1.29, 1.82) is 0 Å². The summed E-state index contributed by atoms with van der Waals surface area (Å²) in [6, 6.07) is 7.15. The summed E-state index contributed by atoms with van der Waals surface area (Å²) in [5.41, 5.74) is 1.48. The third kappa shape index (κ3) is 2.79. The third-order valence-corrected chi connectivity index (χ3v) is 7.06. The van der Waals surface area contributed by atoms with Crippen LogP contribution in [0.25, 0.3) is 11.0 Å². The van der Waals surface area contributed by atoms with Crippen LogP contribution in [0.5, 0.6) is 0 Å². The predicted octanol–water partition coefficient (Wildman–Crippen LogP) is 4.65. The second kappa shape index (κ2) is 6.38. The standard InChI is InChI=1S/C21H22N6O3/c28-27(29)20-16(23-17-3-1-2-4-22-17)8-15(18-19(20)26-30-25-18)24-21-9-12-5-13(10-21)7-14(6-12)11-21/h1-4,8,12-14,24H,5-7,9-11H2,(H,22,23). The Bertz CT molecular complexity index is 1090. The van der Waals surface area contributed by atoms with Gasteiger partial charge in [-0.1, -0.05) is 6.07 Å². The molecular formula is C21H22N6O3. The average molecular weight is 406 g/mol. The lowest BCUT2D eigenvalue weighted by Crippen LogP contribution is -2.54. The minimum atomic E-state index is -0.452. The van der Waals surface area contributed by atoms with E-state index in [2.05, 4.69) is 25.9 Å². The second-order valence-corrected chi connectivity index (χ2v) is 9.20. The van der Waals surface area contributed by atoms with Crippen molar-refractivity contribution in [3.05, 3.63) is 40.6 Å². The van der Waals surface area contributed by atoms with Gasteiger partial charge < -0.3 is 10.6 Å². The van der Waals surface area contributed by atoms with Crippen LogP contribution in [0.4, 0.5) is 22.9 Å². The third-order valence-electron chi connectivity index (χ3n) is 7.06. The Morgan fingerprint density at radius 2 is 1.73 bits per heavy atom. The maximum Gasteiger partial charge on any atom is 0.324 e. The van der Waals surface area contributed by atoms with Crippen molar-refractivity contribution < 1.29 is 9.55 Å². The summed E-state index contributed by atoms with van der Waals surface area (Å²) < 4.78 is 4.93. The normalized spacial score (nSPS) is 29.3. The van der Waals surface area contributed by atoms with E-state index in [9.17, 15) is 10.1 Å². The fourth-order valence-electron chi connectivity index (χ4n) is 6.43. The Balaban J connectivity index is 1.44. The molecule has 0 unspecified atom stereocenters. The molecule has 0 atom stereocenters. The summed E-state index contributed by atoms with van der Waals surface area (Å²) >= 11 is 0. The Kier molecular flexibility index (Phi) is 3.75. The average Bonchev–Trinajstić information content (AvgIpc) is 3.17. The van der Waals surface area contributed by atoms with Crippen molar-refractivity contribution in [2.75, 3.05) is 10.6 Å². The van der Waals surface area contributed by atoms with Crippen molar-refractivity contribution in [2.45, 2.75) is 44.1 Å². The quantitative estimate of drug-likeness (QED) is 0.464. The van der Waals surface area contributed by atoms with Gasteiger partial charge in [-0.25, -0.2) is 9.61 Å². The molecule has 30 heavy (non-hydrogen) atoms. The van der Waals surface area contributed by atoms with Gasteiger partial charge in [0.05, 0.1) is 10.6 Å². The van der Waals surface area contributed by atoms with Crippen LogP contribution >= 0.6 is 0 Å². The van der Waals surface area contributed by atoms with Crippen molar-refractivity contribution in [3.8, 4) is 0 Å². The van der Waals surface area contributed by atoms with Crippen molar-refractivity contribution in [3.63, 3.8) is 0 Å². The summed E-state index contributed by atoms with van der Waals surface area (Å²) in [6.45, 7) is 0. The van der Waals surface area contributed by atoms with Gasteiger partial charge in [0.25, 0.3) is 0 Å². The van der Waals surface area contributed by atoms with Gasteiger partial charge in [-0.3, -0.25) is 10.1 Å². The van der Waals surface area contributed by atoms with E-state index in [4.69, 9.17) is 4.63 Å². The number of nitro benzene ring substituents is 1. The minimum Gasteiger partial charge on any atom is -0.378 e. The molecule has 4 bridgehead atoms. The molecule has 0 amide bonds. The molecule has 1 aromatic carbocycles. The summed E-state index contributed by atoms with van der Waals surface area (Å²) in [7, 11) is 0. The summed E-state index contributed by atoms with van der Waals surface area (Å²) in [4.78, 5) is 15.6. The fraction of sp³-hybridized carbons (Fsp3) is 0.476. The zero-order chi connectivity index (χ0) is 20.3. The number of pyridine rings is 1. The van der Waals surface area contributed by atoms with Gasteiger partial charge in [0.1, 0.15) is 11.5 Å². The molecule has 154 valence electrons. The van der Waals surface area contributed by atoms with Crippen LogP contribution in [-0.2, 0) is 0 Å². The molecule has 2 heterocycles. The first-order valence-electron chi connectivity index (χ1n) is 10.5. The highest BCUT2D eigenvalue weighted by molar-refractivity contribution is 6.00. The zero-order valence-electron chi connectivity index (χ0n) is 16.4. The second-order valence-electron chi connectivity index (χ2n) is 9.20. The number of nitrogens with zero attached hydrogens (tertiary/aromatic N) is 4. The Labute approximate surface area is 172 Å². The van der Waals surface area contributed by atoms with Crippen molar-refractivity contribution in [1.82, 2.24) is 15.3 Å². The molecule has 4 aliphatic carbocycles. The molecule has 9 heteroatoms. The first-order valence-corrected chi connectivity index (χ1v) is 10.5. The first-order chi connectivity index (χ1) is 14.6. The predicted molar refractivity (Wildman–Crippen MR) is 111 cm³/mol. The number of rotatable bonds is 5. The Morgan fingerprint density at radius 1 is 1.03 bits per heavy atom. The monoisotopic (exact) mass is 406 g/mol. The van der Waals surface area contributed by atoms with Crippen molar-refractivity contribution >= 4 is 33.9 Å². The van der Waals surface area contributed by atoms with Gasteiger partial charge in [-0.05, 0) is 84.8 Å². The van der Waals surface area contributed by atoms with Crippen LogP contribution in [0.1, 0.15) is 38.5 Å². The molecule has 9 nitrogen and oxygen atoms in total. The Hall–Kier alpha value is -3.23. The number of nitrogens with one attached hydrogen (secondary N) is 2. The van der Waals surface area contributed by atoms with E-state index in [0.29, 0.717) is 17.0 Å². The molecule has 0 aliphatic heterocycles. The molecule has 7 rings (SSSR count). The molecule has 3 aromatic rings. The molecule has 0 saturated heterocycles. The Morgan fingerprint density at radius 3 is 2.37 bits per heavy atom. The molecule has 4 aliphatic rings. The molecule has 0 radical (unpaired) electrons. The summed E-state index contributed by atoms with van der Waals surface area (Å²) in [5.74, 6) is 2.86. The highest BCUT2D eigenvalue weighted by atomic mass is 16.6. The summed E-state index contributed by atoms with van der Waals surface area (Å²) in [5, 5.41) is 26.6. The van der Waals surface area contributed by atoms with E-state index in [1.165, 1.54) is 19.3 Å². The van der Waals surface area contributed by atoms with E-state index < -0.39 is 4.92 Å². The van der Waals surface area contributed by atoms with E-state index in [0.717, 1.165) is 42.7 Å². The van der Waals surface area contributed by atoms with Gasteiger partial charge in [-0.2, -0.15) is 0 Å². The van der Waals surface area contributed by atoms with Crippen molar-refractivity contribution in [2.24, 2.45) is 17.8 Å². The molecule has 2 aromatic heterocycles. The molecule has 0 spiro atoms. The van der Waals surface area contributed by atoms with Gasteiger partial charge in [0, 0.05) is 11.7 Å². The number of benzene rings is 1. The number of hydrogen-bond acceptors (Lipinski definition) is 8. The van der Waals surface area contributed by atoms with E-state index in [1.807, 2.05) is 6.07 Å². The first kappa shape index (κ1) is 17.6. The minimum absolute atomic E-state index is 0.0268. The molecule has 2 N–H and O–H groups in total. The van der Waals surface area contributed by atoms with Crippen LogP contribution in [0.3, 0.4) is 0 Å². The van der Waals surface area contributed by atoms with Crippen LogP contribution < -0.4 is 10.6 Å². The maximum absolute atomic E-state index is 11.9. The van der Waals surface area contributed by atoms with Crippen LogP contribution in [0.2, 0.25) is 0 Å². The topological polar surface area (TPSA) is 119 Å². The van der Waals surface area contributed by atoms with Gasteiger partial charge in [0.2, 0.25) is 5.52 Å². The van der Waals surface area contributed by atoms with Crippen LogP contribution in [-0.4, -0.2) is 25.8 Å². The van der Waals surface area contributed by atoms with Crippen LogP contribution in [0.15, 0.2) is 35.1 Å². The lowest BCUT2D eigenvalue weighted by molar-refractivity contribution is -0.382. The number of nitro groups is 1. The molecular weight excluding hydrogens is 384 g/mol. The number of hydrogen-bond donors (Lipinski definition) is 2. The number of fused-ring (bicyclic) bond motifs is 1. The largest absolute Gasteiger partial charge is 0.378 e. The number of anilines is 3. The smallest absolute Gasteiger partial charge is 0.324 e. The van der Waals surface area contributed by atoms with Crippen LogP contribution in [0, 0.1) is 27.9 Å². The van der Waals surface area contributed by atoms with Gasteiger partial charge in [-0.15, -0.1) is 0 Å². The van der Waals surface area contributed by atoms with E-state index in [1.54, 1.807) is 24.4 Å². The highest BCUT2D eigenvalue weighted by Crippen LogP contribution is 2.57. The zero-order valence-corrected chi connectivity index (χ0v) is 16.4. The highest BCUT2D eigenvalue weighted by Gasteiger charge is 2.51. The van der Waals surface area contributed by atoms with Gasteiger partial charge in [0.15, 0.2) is 5.52 Å². The fourth-order valence-corrected chi connectivity index (χ4v) is 6.43. The summed E-state index contributed by atoms with van der Waals surface area (Å²) in [6.07, 6.45) is 9.10. The molecule has 4 fully saturated rings.